The quantitative estimate of drug-likeness (QED) is 0.932. The second kappa shape index (κ2) is 6.03. The van der Waals surface area contributed by atoms with Crippen molar-refractivity contribution in [2.24, 2.45) is 0 Å². The third-order valence-corrected chi connectivity index (χ3v) is 4.20. The lowest BCUT2D eigenvalue weighted by Gasteiger charge is -2.16. The number of alkyl halides is 3. The van der Waals surface area contributed by atoms with E-state index in [0.717, 1.165) is 16.9 Å². The standard InChI is InChI=1S/C14H15F3N2OS/c1-8-6-9(4-5-10(8)20-3)12(18-2)11-7-19-13(21-11)14(15,16)17/h4-7,12,18H,1-3H3. The van der Waals surface area contributed by atoms with Gasteiger partial charge < -0.3 is 10.1 Å². The molecule has 0 aliphatic rings. The van der Waals surface area contributed by atoms with Gasteiger partial charge in [-0.3, -0.25) is 0 Å². The van der Waals surface area contributed by atoms with Crippen molar-refractivity contribution in [3.05, 3.63) is 45.4 Å². The lowest BCUT2D eigenvalue weighted by Crippen LogP contribution is -2.16. The molecule has 1 aromatic heterocycles. The van der Waals surface area contributed by atoms with E-state index in [4.69, 9.17) is 4.74 Å². The van der Waals surface area contributed by atoms with E-state index in [-0.39, 0.29) is 6.04 Å². The fourth-order valence-electron chi connectivity index (χ4n) is 2.11. The van der Waals surface area contributed by atoms with Crippen molar-refractivity contribution in [2.75, 3.05) is 14.2 Å². The zero-order valence-electron chi connectivity index (χ0n) is 11.8. The minimum Gasteiger partial charge on any atom is -0.496 e. The van der Waals surface area contributed by atoms with Crippen molar-refractivity contribution in [1.29, 1.82) is 0 Å². The van der Waals surface area contributed by atoms with E-state index in [1.54, 1.807) is 20.2 Å². The van der Waals surface area contributed by atoms with E-state index in [9.17, 15) is 13.2 Å². The molecule has 114 valence electrons. The van der Waals surface area contributed by atoms with Gasteiger partial charge in [-0.05, 0) is 31.2 Å². The molecular weight excluding hydrogens is 301 g/mol. The smallest absolute Gasteiger partial charge is 0.443 e. The van der Waals surface area contributed by atoms with Crippen molar-refractivity contribution < 1.29 is 17.9 Å². The number of rotatable bonds is 4. The van der Waals surface area contributed by atoms with Crippen LogP contribution in [-0.4, -0.2) is 19.1 Å². The van der Waals surface area contributed by atoms with Gasteiger partial charge in [0.15, 0.2) is 5.01 Å². The summed E-state index contributed by atoms with van der Waals surface area (Å²) in [4.78, 5) is 3.99. The predicted molar refractivity (Wildman–Crippen MR) is 75.7 cm³/mol. The molecule has 2 aromatic rings. The number of nitrogens with one attached hydrogen (secondary N) is 1. The van der Waals surface area contributed by atoms with Gasteiger partial charge in [-0.2, -0.15) is 13.2 Å². The third-order valence-electron chi connectivity index (χ3n) is 3.09. The van der Waals surface area contributed by atoms with Crippen molar-refractivity contribution in [3.8, 4) is 5.75 Å². The average Bonchev–Trinajstić information content (AvgIpc) is 2.89. The molecule has 1 heterocycles. The molecule has 1 unspecified atom stereocenters. The fraction of sp³-hybridized carbons (Fsp3) is 0.357. The lowest BCUT2D eigenvalue weighted by molar-refractivity contribution is -0.137. The van der Waals surface area contributed by atoms with Gasteiger partial charge in [0.1, 0.15) is 5.75 Å². The highest BCUT2D eigenvalue weighted by Crippen LogP contribution is 2.36. The molecule has 2 rings (SSSR count). The number of hydrogen-bond donors (Lipinski definition) is 1. The van der Waals surface area contributed by atoms with Gasteiger partial charge in [-0.25, -0.2) is 4.98 Å². The number of thiazole rings is 1. The van der Waals surface area contributed by atoms with Crippen LogP contribution in [0.2, 0.25) is 0 Å². The first kappa shape index (κ1) is 15.8. The Morgan fingerprint density at radius 3 is 2.52 bits per heavy atom. The minimum atomic E-state index is -4.41. The zero-order chi connectivity index (χ0) is 15.6. The highest BCUT2D eigenvalue weighted by Gasteiger charge is 2.35. The Morgan fingerprint density at radius 2 is 2.05 bits per heavy atom. The van der Waals surface area contributed by atoms with Crippen LogP contribution in [0, 0.1) is 6.92 Å². The predicted octanol–water partition coefficient (Wildman–Crippen LogP) is 3.79. The van der Waals surface area contributed by atoms with Crippen LogP contribution in [0.25, 0.3) is 0 Å². The number of aromatic nitrogens is 1. The van der Waals surface area contributed by atoms with E-state index in [1.807, 2.05) is 19.1 Å². The third kappa shape index (κ3) is 3.36. The highest BCUT2D eigenvalue weighted by molar-refractivity contribution is 7.11. The molecule has 1 aromatic carbocycles. The van der Waals surface area contributed by atoms with E-state index in [2.05, 4.69) is 10.3 Å². The second-order valence-corrected chi connectivity index (χ2v) is 5.58. The molecule has 0 aliphatic heterocycles. The van der Waals surface area contributed by atoms with Crippen molar-refractivity contribution in [1.82, 2.24) is 10.3 Å². The number of hydrogen-bond acceptors (Lipinski definition) is 4. The fourth-order valence-corrected chi connectivity index (χ4v) is 3.03. The summed E-state index contributed by atoms with van der Waals surface area (Å²) in [5.41, 5.74) is 1.80. The van der Waals surface area contributed by atoms with Crippen LogP contribution in [0.1, 0.15) is 27.1 Å². The summed E-state index contributed by atoms with van der Waals surface area (Å²) in [6, 6.07) is 5.21. The summed E-state index contributed by atoms with van der Waals surface area (Å²) in [6.45, 7) is 1.89. The molecule has 0 bridgehead atoms. The van der Waals surface area contributed by atoms with E-state index < -0.39 is 11.2 Å². The van der Waals surface area contributed by atoms with Crippen LogP contribution < -0.4 is 10.1 Å². The maximum absolute atomic E-state index is 12.6. The molecule has 0 aliphatic carbocycles. The first-order valence-corrected chi connectivity index (χ1v) is 7.03. The summed E-state index contributed by atoms with van der Waals surface area (Å²) >= 11 is 0.653. The molecule has 0 radical (unpaired) electrons. The average molecular weight is 316 g/mol. The molecule has 0 fully saturated rings. The Morgan fingerprint density at radius 1 is 1.33 bits per heavy atom. The van der Waals surface area contributed by atoms with Gasteiger partial charge in [0.05, 0.1) is 13.2 Å². The van der Waals surface area contributed by atoms with E-state index in [0.29, 0.717) is 16.2 Å². The number of ether oxygens (including phenoxy) is 1. The first-order valence-electron chi connectivity index (χ1n) is 6.21. The SMILES string of the molecule is CNC(c1ccc(OC)c(C)c1)c1cnc(C(F)(F)F)s1. The van der Waals surface area contributed by atoms with E-state index >= 15 is 0 Å². The minimum absolute atomic E-state index is 0.330. The van der Waals surface area contributed by atoms with Gasteiger partial charge in [-0.1, -0.05) is 12.1 Å². The van der Waals surface area contributed by atoms with Crippen LogP contribution in [0.4, 0.5) is 13.2 Å². The van der Waals surface area contributed by atoms with Crippen LogP contribution in [0.15, 0.2) is 24.4 Å². The van der Waals surface area contributed by atoms with Gasteiger partial charge in [0.2, 0.25) is 0 Å². The molecule has 0 amide bonds. The number of halogens is 3. The van der Waals surface area contributed by atoms with Crippen molar-refractivity contribution in [3.63, 3.8) is 0 Å². The molecule has 7 heteroatoms. The maximum Gasteiger partial charge on any atom is 0.443 e. The maximum atomic E-state index is 12.6. The molecule has 0 saturated heterocycles. The van der Waals surface area contributed by atoms with Gasteiger partial charge in [0, 0.05) is 11.1 Å². The Labute approximate surface area is 124 Å². The molecule has 1 atom stereocenters. The van der Waals surface area contributed by atoms with Gasteiger partial charge in [0.25, 0.3) is 0 Å². The molecule has 1 N–H and O–H groups in total. The molecular formula is C14H15F3N2OS. The van der Waals surface area contributed by atoms with Crippen molar-refractivity contribution in [2.45, 2.75) is 19.1 Å². The molecule has 0 saturated carbocycles. The van der Waals surface area contributed by atoms with Crippen LogP contribution >= 0.6 is 11.3 Å². The number of nitrogens with zero attached hydrogens (tertiary/aromatic N) is 1. The Hall–Kier alpha value is -1.60. The molecule has 3 nitrogen and oxygen atoms in total. The van der Waals surface area contributed by atoms with Crippen LogP contribution in [-0.2, 0) is 6.18 Å². The Balaban J connectivity index is 2.35. The van der Waals surface area contributed by atoms with Crippen LogP contribution in [0.5, 0.6) is 5.75 Å². The van der Waals surface area contributed by atoms with Gasteiger partial charge in [-0.15, -0.1) is 11.3 Å². The molecule has 21 heavy (non-hydrogen) atoms. The number of benzene rings is 1. The largest absolute Gasteiger partial charge is 0.496 e. The van der Waals surface area contributed by atoms with Gasteiger partial charge >= 0.3 is 6.18 Å². The Bertz CT molecular complexity index is 625. The first-order chi connectivity index (χ1) is 9.86. The highest BCUT2D eigenvalue weighted by atomic mass is 32.1. The topological polar surface area (TPSA) is 34.1 Å². The number of methoxy groups -OCH3 is 1. The normalized spacial score (nSPS) is 13.2. The summed E-state index contributed by atoms with van der Waals surface area (Å²) in [5.74, 6) is 0.744. The number of aryl methyl sites for hydroxylation is 1. The summed E-state index contributed by atoms with van der Waals surface area (Å²) in [5, 5.41) is 2.20. The summed E-state index contributed by atoms with van der Waals surface area (Å²) in [6.07, 6.45) is -3.13. The summed E-state index contributed by atoms with van der Waals surface area (Å²) in [7, 11) is 3.29. The second-order valence-electron chi connectivity index (χ2n) is 4.52. The monoisotopic (exact) mass is 316 g/mol. The lowest BCUT2D eigenvalue weighted by atomic mass is 10.0. The summed E-state index contributed by atoms with van der Waals surface area (Å²) < 4.78 is 43.1. The van der Waals surface area contributed by atoms with Crippen LogP contribution in [0.3, 0.4) is 0 Å². The Kier molecular flexibility index (Phi) is 4.53. The zero-order valence-corrected chi connectivity index (χ0v) is 12.6. The van der Waals surface area contributed by atoms with E-state index in [1.165, 1.54) is 6.20 Å². The van der Waals surface area contributed by atoms with Crippen molar-refractivity contribution >= 4 is 11.3 Å². The molecule has 0 spiro atoms.